The third-order valence-corrected chi connectivity index (χ3v) is 5.10. The van der Waals surface area contributed by atoms with E-state index >= 15 is 0 Å². The fourth-order valence-electron chi connectivity index (χ4n) is 3.91. The van der Waals surface area contributed by atoms with Crippen LogP contribution in [0.4, 0.5) is 0 Å². The van der Waals surface area contributed by atoms with Crippen LogP contribution in [0.3, 0.4) is 0 Å². The first-order chi connectivity index (χ1) is 12.2. The van der Waals surface area contributed by atoms with Gasteiger partial charge in [-0.1, -0.05) is 0 Å². The Morgan fingerprint density at radius 1 is 1.40 bits per heavy atom. The van der Waals surface area contributed by atoms with E-state index in [1.165, 1.54) is 12.6 Å². The minimum Gasteiger partial charge on any atom is -0.459 e. The van der Waals surface area contributed by atoms with Crippen molar-refractivity contribution in [1.29, 1.82) is 0 Å². The molecule has 0 unspecified atom stereocenters. The Morgan fingerprint density at radius 3 is 3.00 bits per heavy atom. The van der Waals surface area contributed by atoms with E-state index in [4.69, 9.17) is 9.15 Å². The second kappa shape index (κ2) is 6.93. The first-order valence-electron chi connectivity index (χ1n) is 8.64. The van der Waals surface area contributed by atoms with Crippen LogP contribution < -0.4 is 0 Å². The zero-order chi connectivity index (χ0) is 17.2. The van der Waals surface area contributed by atoms with Gasteiger partial charge in [0.1, 0.15) is 6.33 Å². The fraction of sp³-hybridized carbons (Fsp3) is 0.500. The zero-order valence-electron chi connectivity index (χ0n) is 14.2. The zero-order valence-corrected chi connectivity index (χ0v) is 14.2. The van der Waals surface area contributed by atoms with Crippen LogP contribution in [-0.2, 0) is 11.3 Å². The van der Waals surface area contributed by atoms with Crippen LogP contribution in [0.1, 0.15) is 29.0 Å². The van der Waals surface area contributed by atoms with Gasteiger partial charge >= 0.3 is 0 Å². The molecule has 25 heavy (non-hydrogen) atoms. The van der Waals surface area contributed by atoms with Crippen LogP contribution in [0, 0.1) is 0 Å². The summed E-state index contributed by atoms with van der Waals surface area (Å²) < 4.78 is 11.4. The third-order valence-electron chi connectivity index (χ3n) is 5.10. The summed E-state index contributed by atoms with van der Waals surface area (Å²) in [5.41, 5.74) is 1.05. The van der Waals surface area contributed by atoms with Gasteiger partial charge in [0.05, 0.1) is 24.5 Å². The van der Waals surface area contributed by atoms with Crippen molar-refractivity contribution in [1.82, 2.24) is 19.8 Å². The van der Waals surface area contributed by atoms with Gasteiger partial charge in [0.15, 0.2) is 5.76 Å². The highest BCUT2D eigenvalue weighted by atomic mass is 16.5. The summed E-state index contributed by atoms with van der Waals surface area (Å²) in [4.78, 5) is 25.1. The molecular weight excluding hydrogens is 320 g/mol. The van der Waals surface area contributed by atoms with Crippen molar-refractivity contribution < 1.29 is 13.9 Å². The van der Waals surface area contributed by atoms with Gasteiger partial charge in [0.2, 0.25) is 0 Å². The predicted molar refractivity (Wildman–Crippen MR) is 89.8 cm³/mol. The number of carbonyl (C=O) groups is 1. The number of amides is 1. The maximum Gasteiger partial charge on any atom is 0.289 e. The number of fused-ring (bicyclic) bond motifs is 1. The summed E-state index contributed by atoms with van der Waals surface area (Å²) >= 11 is 0. The molecule has 7 heteroatoms. The molecule has 0 radical (unpaired) electrons. The highest BCUT2D eigenvalue weighted by Gasteiger charge is 2.48. The van der Waals surface area contributed by atoms with Crippen molar-refractivity contribution in [3.63, 3.8) is 0 Å². The van der Waals surface area contributed by atoms with Gasteiger partial charge in [0.25, 0.3) is 5.91 Å². The van der Waals surface area contributed by atoms with Crippen molar-refractivity contribution >= 4 is 5.91 Å². The van der Waals surface area contributed by atoms with E-state index in [0.29, 0.717) is 12.3 Å². The highest BCUT2D eigenvalue weighted by molar-refractivity contribution is 5.92. The highest BCUT2D eigenvalue weighted by Crippen LogP contribution is 2.33. The Morgan fingerprint density at radius 2 is 2.24 bits per heavy atom. The van der Waals surface area contributed by atoms with E-state index in [1.54, 1.807) is 12.1 Å². The standard InChI is InChI=1S/C18H22N4O3/c1-21(10-13-8-19-12-20-9-13)15-11-22(14-4-2-7-25-17(14)15)18(23)16-5-3-6-24-16/h3,5-6,8-9,12,14-15,17H,2,4,7,10-11H2,1H3/t14-,15-,17+/m1/s1. The molecule has 0 aliphatic carbocycles. The van der Waals surface area contributed by atoms with E-state index in [1.807, 2.05) is 17.3 Å². The number of hydrogen-bond acceptors (Lipinski definition) is 6. The SMILES string of the molecule is CN(Cc1cncnc1)[C@@H]1CN(C(=O)c2ccco2)[C@@H]2CCCO[C@H]12. The minimum absolute atomic E-state index is 0.0299. The number of rotatable bonds is 4. The predicted octanol–water partition coefficient (Wildman–Crippen LogP) is 1.57. The molecule has 2 aliphatic heterocycles. The van der Waals surface area contributed by atoms with Crippen LogP contribution in [0.25, 0.3) is 0 Å². The summed E-state index contributed by atoms with van der Waals surface area (Å²) in [7, 11) is 2.06. The second-order valence-corrected chi connectivity index (χ2v) is 6.71. The van der Waals surface area contributed by atoms with Gasteiger partial charge < -0.3 is 14.1 Å². The van der Waals surface area contributed by atoms with Crippen molar-refractivity contribution in [2.75, 3.05) is 20.2 Å². The quantitative estimate of drug-likeness (QED) is 0.840. The van der Waals surface area contributed by atoms with E-state index in [-0.39, 0.29) is 24.1 Å². The molecule has 0 N–H and O–H groups in total. The van der Waals surface area contributed by atoms with Crippen molar-refractivity contribution in [2.45, 2.75) is 37.6 Å². The number of nitrogens with zero attached hydrogens (tertiary/aromatic N) is 4. The largest absolute Gasteiger partial charge is 0.459 e. The smallest absolute Gasteiger partial charge is 0.289 e. The molecule has 2 saturated heterocycles. The summed E-state index contributed by atoms with van der Waals surface area (Å²) in [6.45, 7) is 2.11. The van der Waals surface area contributed by atoms with Crippen LogP contribution >= 0.6 is 0 Å². The molecule has 2 aliphatic rings. The Hall–Kier alpha value is -2.25. The van der Waals surface area contributed by atoms with Crippen molar-refractivity contribution in [3.05, 3.63) is 48.4 Å². The lowest BCUT2D eigenvalue weighted by molar-refractivity contribution is -0.0359. The fourth-order valence-corrected chi connectivity index (χ4v) is 3.91. The van der Waals surface area contributed by atoms with E-state index in [0.717, 1.165) is 31.6 Å². The lowest BCUT2D eigenvalue weighted by Crippen LogP contribution is -2.46. The number of furan rings is 1. The molecule has 4 heterocycles. The number of likely N-dealkylation sites (tertiary alicyclic amines) is 1. The van der Waals surface area contributed by atoms with Gasteiger partial charge in [-0.05, 0) is 32.0 Å². The molecule has 2 aromatic heterocycles. The molecule has 3 atom stereocenters. The average molecular weight is 342 g/mol. The molecule has 4 rings (SSSR count). The van der Waals surface area contributed by atoms with Crippen molar-refractivity contribution in [2.24, 2.45) is 0 Å². The summed E-state index contributed by atoms with van der Waals surface area (Å²) in [5, 5.41) is 0. The summed E-state index contributed by atoms with van der Waals surface area (Å²) in [6.07, 6.45) is 8.69. The first kappa shape index (κ1) is 16.2. The lowest BCUT2D eigenvalue weighted by atomic mass is 10.00. The average Bonchev–Trinajstić information content (AvgIpc) is 3.30. The number of likely N-dealkylation sites (N-methyl/N-ethyl adjacent to an activating group) is 1. The van der Waals surface area contributed by atoms with Gasteiger partial charge in [-0.2, -0.15) is 0 Å². The number of ether oxygens (including phenoxy) is 1. The van der Waals surface area contributed by atoms with Gasteiger partial charge in [-0.3, -0.25) is 9.69 Å². The van der Waals surface area contributed by atoms with E-state index in [9.17, 15) is 4.79 Å². The molecule has 2 aromatic rings. The van der Waals surface area contributed by atoms with Crippen LogP contribution in [0.5, 0.6) is 0 Å². The molecule has 132 valence electrons. The lowest BCUT2D eigenvalue weighted by Gasteiger charge is -2.34. The van der Waals surface area contributed by atoms with Crippen LogP contribution in [0.15, 0.2) is 41.5 Å². The number of hydrogen-bond donors (Lipinski definition) is 0. The molecule has 0 bridgehead atoms. The topological polar surface area (TPSA) is 71.7 Å². The maximum atomic E-state index is 12.8. The van der Waals surface area contributed by atoms with Gasteiger partial charge in [0, 0.05) is 37.7 Å². The van der Waals surface area contributed by atoms with Crippen molar-refractivity contribution in [3.8, 4) is 0 Å². The Bertz CT molecular complexity index is 706. The monoisotopic (exact) mass is 342 g/mol. The minimum atomic E-state index is -0.0514. The maximum absolute atomic E-state index is 12.8. The van der Waals surface area contributed by atoms with Gasteiger partial charge in [-0.25, -0.2) is 9.97 Å². The molecule has 1 amide bonds. The van der Waals surface area contributed by atoms with E-state index in [2.05, 4.69) is 21.9 Å². The molecule has 2 fully saturated rings. The normalized spacial score (nSPS) is 26.0. The Kier molecular flexibility index (Phi) is 4.50. The van der Waals surface area contributed by atoms with Gasteiger partial charge in [-0.15, -0.1) is 0 Å². The molecule has 7 nitrogen and oxygen atoms in total. The second-order valence-electron chi connectivity index (χ2n) is 6.71. The summed E-state index contributed by atoms with van der Waals surface area (Å²) in [5.74, 6) is 0.341. The van der Waals surface area contributed by atoms with Crippen LogP contribution in [-0.4, -0.2) is 64.1 Å². The van der Waals surface area contributed by atoms with Crippen LogP contribution in [0.2, 0.25) is 0 Å². The summed E-state index contributed by atoms with van der Waals surface area (Å²) in [6, 6.07) is 3.71. The molecule has 0 saturated carbocycles. The molecular formula is C18H22N4O3. The third kappa shape index (κ3) is 3.17. The Balaban J connectivity index is 1.53. The number of carbonyl (C=O) groups excluding carboxylic acids is 1. The molecule has 0 aromatic carbocycles. The Labute approximate surface area is 146 Å². The van der Waals surface area contributed by atoms with E-state index < -0.39 is 0 Å². The number of aromatic nitrogens is 2. The first-order valence-corrected chi connectivity index (χ1v) is 8.64. The molecule has 0 spiro atoms.